The van der Waals surface area contributed by atoms with Crippen molar-refractivity contribution in [3.05, 3.63) is 36.0 Å². The standard InChI is InChI=1S/C17H23NO2/c1-16(2,17(3,4)15(19)20-6)13-11-18(5)14-10-8-7-9-12(13)14/h7-11H,1-6H3. The molecule has 3 nitrogen and oxygen atoms in total. The Kier molecular flexibility index (Phi) is 3.41. The van der Waals surface area contributed by atoms with Crippen molar-refractivity contribution in [1.82, 2.24) is 4.57 Å². The number of para-hydroxylation sites is 1. The summed E-state index contributed by atoms with van der Waals surface area (Å²) in [4.78, 5) is 12.2. The highest BCUT2D eigenvalue weighted by Gasteiger charge is 2.46. The number of hydrogen-bond donors (Lipinski definition) is 0. The first-order chi connectivity index (χ1) is 9.23. The van der Waals surface area contributed by atoms with Crippen LogP contribution in [-0.4, -0.2) is 17.6 Å². The van der Waals surface area contributed by atoms with E-state index in [1.165, 1.54) is 23.6 Å². The van der Waals surface area contributed by atoms with Crippen LogP contribution in [-0.2, 0) is 22.0 Å². The molecule has 0 N–H and O–H groups in total. The van der Waals surface area contributed by atoms with Crippen LogP contribution in [0.25, 0.3) is 10.9 Å². The van der Waals surface area contributed by atoms with Crippen LogP contribution in [0.1, 0.15) is 33.3 Å². The second-order valence-electron chi connectivity index (χ2n) is 6.41. The predicted molar refractivity (Wildman–Crippen MR) is 81.7 cm³/mol. The third-order valence-corrected chi connectivity index (χ3v) is 4.83. The van der Waals surface area contributed by atoms with Gasteiger partial charge in [0.2, 0.25) is 0 Å². The Labute approximate surface area is 120 Å². The number of esters is 1. The van der Waals surface area contributed by atoms with Crippen LogP contribution in [0.4, 0.5) is 0 Å². The number of nitrogens with zero attached hydrogens (tertiary/aromatic N) is 1. The maximum absolute atomic E-state index is 12.2. The maximum atomic E-state index is 12.2. The van der Waals surface area contributed by atoms with Gasteiger partial charge in [-0.05, 0) is 25.5 Å². The average Bonchev–Trinajstić information content (AvgIpc) is 2.76. The van der Waals surface area contributed by atoms with Crippen molar-refractivity contribution in [2.45, 2.75) is 33.1 Å². The van der Waals surface area contributed by atoms with E-state index >= 15 is 0 Å². The van der Waals surface area contributed by atoms with Gasteiger partial charge in [0.15, 0.2) is 0 Å². The Bertz CT molecular complexity index is 650. The molecule has 1 heterocycles. The minimum Gasteiger partial charge on any atom is -0.469 e. The molecule has 1 aromatic carbocycles. The molecule has 2 rings (SSSR count). The van der Waals surface area contributed by atoms with E-state index in [0.717, 1.165) is 0 Å². The van der Waals surface area contributed by atoms with Crippen LogP contribution in [0.2, 0.25) is 0 Å². The second kappa shape index (κ2) is 4.65. The second-order valence-corrected chi connectivity index (χ2v) is 6.41. The first-order valence-electron chi connectivity index (χ1n) is 6.86. The van der Waals surface area contributed by atoms with Gasteiger partial charge in [-0.3, -0.25) is 4.79 Å². The summed E-state index contributed by atoms with van der Waals surface area (Å²) < 4.78 is 7.11. The van der Waals surface area contributed by atoms with Gasteiger partial charge in [-0.1, -0.05) is 32.0 Å². The van der Waals surface area contributed by atoms with Crippen molar-refractivity contribution < 1.29 is 9.53 Å². The molecule has 0 amide bonds. The summed E-state index contributed by atoms with van der Waals surface area (Å²) >= 11 is 0. The van der Waals surface area contributed by atoms with Crippen LogP contribution < -0.4 is 0 Å². The first-order valence-corrected chi connectivity index (χ1v) is 6.86. The number of benzene rings is 1. The lowest BCUT2D eigenvalue weighted by Crippen LogP contribution is -2.43. The zero-order chi connectivity index (χ0) is 15.1. The minimum atomic E-state index is -0.605. The summed E-state index contributed by atoms with van der Waals surface area (Å²) in [6, 6.07) is 8.28. The van der Waals surface area contributed by atoms with Gasteiger partial charge in [0.1, 0.15) is 0 Å². The summed E-state index contributed by atoms with van der Waals surface area (Å²) in [6.45, 7) is 8.10. The van der Waals surface area contributed by atoms with Gasteiger partial charge in [-0.2, -0.15) is 0 Å². The number of methoxy groups -OCH3 is 1. The van der Waals surface area contributed by atoms with E-state index in [9.17, 15) is 4.79 Å². The molecule has 0 atom stereocenters. The van der Waals surface area contributed by atoms with Crippen LogP contribution in [0, 0.1) is 5.41 Å². The van der Waals surface area contributed by atoms with Crippen LogP contribution in [0.3, 0.4) is 0 Å². The third-order valence-electron chi connectivity index (χ3n) is 4.83. The Morgan fingerprint density at radius 1 is 1.15 bits per heavy atom. The van der Waals surface area contributed by atoms with Gasteiger partial charge in [0, 0.05) is 29.6 Å². The number of hydrogen-bond acceptors (Lipinski definition) is 2. The lowest BCUT2D eigenvalue weighted by Gasteiger charge is -2.39. The molecule has 0 unspecified atom stereocenters. The molecule has 20 heavy (non-hydrogen) atoms. The molecule has 0 saturated heterocycles. The number of rotatable bonds is 3. The van der Waals surface area contributed by atoms with E-state index in [1.54, 1.807) is 0 Å². The molecule has 0 aliphatic carbocycles. The van der Waals surface area contributed by atoms with Crippen molar-refractivity contribution in [3.63, 3.8) is 0 Å². The fourth-order valence-electron chi connectivity index (χ4n) is 2.69. The third kappa shape index (κ3) is 1.92. The number of fused-ring (bicyclic) bond motifs is 1. The molecular weight excluding hydrogens is 250 g/mol. The highest BCUT2D eigenvalue weighted by Crippen LogP contribution is 2.45. The SMILES string of the molecule is COC(=O)C(C)(C)C(C)(C)c1cn(C)c2ccccc12. The Morgan fingerprint density at radius 3 is 2.35 bits per heavy atom. The summed E-state index contributed by atoms with van der Waals surface area (Å²) in [5.74, 6) is -0.185. The number of aromatic nitrogens is 1. The van der Waals surface area contributed by atoms with E-state index in [-0.39, 0.29) is 11.4 Å². The monoisotopic (exact) mass is 273 g/mol. The van der Waals surface area contributed by atoms with Crippen molar-refractivity contribution >= 4 is 16.9 Å². The largest absolute Gasteiger partial charge is 0.469 e. The molecule has 0 radical (unpaired) electrons. The van der Waals surface area contributed by atoms with Gasteiger partial charge >= 0.3 is 5.97 Å². The lowest BCUT2D eigenvalue weighted by molar-refractivity contribution is -0.154. The molecule has 3 heteroatoms. The molecule has 0 aliphatic heterocycles. The molecule has 2 aromatic rings. The normalized spacial score (nSPS) is 12.7. The molecule has 1 aromatic heterocycles. The van der Waals surface area contributed by atoms with Gasteiger partial charge in [-0.15, -0.1) is 0 Å². The quantitative estimate of drug-likeness (QED) is 0.799. The first kappa shape index (κ1) is 14.6. The Hall–Kier alpha value is -1.77. The average molecular weight is 273 g/mol. The van der Waals surface area contributed by atoms with Gasteiger partial charge in [0.05, 0.1) is 12.5 Å². The van der Waals surface area contributed by atoms with Gasteiger partial charge in [-0.25, -0.2) is 0 Å². The highest BCUT2D eigenvalue weighted by atomic mass is 16.5. The summed E-state index contributed by atoms with van der Waals surface area (Å²) in [5, 5.41) is 1.19. The van der Waals surface area contributed by atoms with Crippen LogP contribution >= 0.6 is 0 Å². The summed E-state index contributed by atoms with van der Waals surface area (Å²) in [6.07, 6.45) is 2.12. The molecule has 108 valence electrons. The molecule has 0 aliphatic rings. The zero-order valence-corrected chi connectivity index (χ0v) is 13.2. The van der Waals surface area contributed by atoms with Crippen molar-refractivity contribution in [2.75, 3.05) is 7.11 Å². The number of ether oxygens (including phenoxy) is 1. The minimum absolute atomic E-state index is 0.185. The molecule has 0 bridgehead atoms. The van der Waals surface area contributed by atoms with Crippen molar-refractivity contribution in [2.24, 2.45) is 12.5 Å². The predicted octanol–water partition coefficient (Wildman–Crippen LogP) is 3.66. The fourth-order valence-corrected chi connectivity index (χ4v) is 2.69. The fraction of sp³-hybridized carbons (Fsp3) is 0.471. The van der Waals surface area contributed by atoms with Crippen LogP contribution in [0.15, 0.2) is 30.5 Å². The molecule has 0 fully saturated rings. The number of carbonyl (C=O) groups excluding carboxylic acids is 1. The van der Waals surface area contributed by atoms with Crippen molar-refractivity contribution in [1.29, 1.82) is 0 Å². The van der Waals surface area contributed by atoms with Crippen LogP contribution in [0.5, 0.6) is 0 Å². The van der Waals surface area contributed by atoms with E-state index in [2.05, 4.69) is 36.7 Å². The van der Waals surface area contributed by atoms with E-state index in [0.29, 0.717) is 0 Å². The summed E-state index contributed by atoms with van der Waals surface area (Å²) in [7, 11) is 3.48. The highest BCUT2D eigenvalue weighted by molar-refractivity contribution is 5.87. The smallest absolute Gasteiger partial charge is 0.312 e. The molecule has 0 spiro atoms. The maximum Gasteiger partial charge on any atom is 0.312 e. The van der Waals surface area contributed by atoms with E-state index in [4.69, 9.17) is 4.74 Å². The topological polar surface area (TPSA) is 31.2 Å². The zero-order valence-electron chi connectivity index (χ0n) is 13.2. The van der Waals surface area contributed by atoms with E-state index in [1.807, 2.05) is 33.0 Å². The summed E-state index contributed by atoms with van der Waals surface area (Å²) in [5.41, 5.74) is 1.41. The van der Waals surface area contributed by atoms with Gasteiger partial charge < -0.3 is 9.30 Å². The molecular formula is C17H23NO2. The van der Waals surface area contributed by atoms with Gasteiger partial charge in [0.25, 0.3) is 0 Å². The van der Waals surface area contributed by atoms with Crippen molar-refractivity contribution in [3.8, 4) is 0 Å². The Morgan fingerprint density at radius 2 is 1.75 bits per heavy atom. The van der Waals surface area contributed by atoms with E-state index < -0.39 is 5.41 Å². The Balaban J connectivity index is 2.66. The molecule has 0 saturated carbocycles. The number of carbonyl (C=O) groups is 1. The lowest BCUT2D eigenvalue weighted by atomic mass is 9.64. The number of aryl methyl sites for hydroxylation is 1.